The summed E-state index contributed by atoms with van der Waals surface area (Å²) in [6.45, 7) is 2.98. The Hall–Kier alpha value is -1.44. The van der Waals surface area contributed by atoms with Gasteiger partial charge in [-0.1, -0.05) is 23.8 Å². The maximum Gasteiger partial charge on any atom is 0.139 e. The minimum absolute atomic E-state index is 0.543. The van der Waals surface area contributed by atoms with Crippen molar-refractivity contribution in [2.24, 2.45) is 0 Å². The van der Waals surface area contributed by atoms with Crippen molar-refractivity contribution in [1.29, 1.82) is 0 Å². The molecule has 0 aliphatic heterocycles. The van der Waals surface area contributed by atoms with Gasteiger partial charge in [-0.05, 0) is 31.1 Å². The molecule has 1 rings (SSSR count). The number of hydrogen-bond donors (Lipinski definition) is 6. The van der Waals surface area contributed by atoms with Crippen LogP contribution in [-0.2, 0) is 0 Å². The van der Waals surface area contributed by atoms with Crippen LogP contribution in [0.5, 0.6) is 0 Å². The molecule has 6 N–H and O–H groups in total. The van der Waals surface area contributed by atoms with Crippen LogP contribution in [0.15, 0.2) is 24.0 Å². The Bertz CT molecular complexity index is 499. The first kappa shape index (κ1) is 17.6. The Morgan fingerprint density at radius 2 is 1.71 bits per heavy atom. The van der Waals surface area contributed by atoms with Gasteiger partial charge in [0.1, 0.15) is 30.2 Å². The zero-order valence-electron chi connectivity index (χ0n) is 12.0. The molecule has 0 amide bonds. The lowest BCUT2D eigenvalue weighted by Crippen LogP contribution is -2.46. The second-order valence-electron chi connectivity index (χ2n) is 5.11. The van der Waals surface area contributed by atoms with Crippen molar-refractivity contribution in [1.82, 2.24) is 0 Å². The van der Waals surface area contributed by atoms with Gasteiger partial charge in [0, 0.05) is 0 Å². The predicted molar refractivity (Wildman–Crippen MR) is 77.6 cm³/mol. The van der Waals surface area contributed by atoms with Gasteiger partial charge in [0.15, 0.2) is 0 Å². The van der Waals surface area contributed by atoms with E-state index in [1.54, 1.807) is 6.07 Å². The highest BCUT2D eigenvalue weighted by atomic mass is 16.4. The standard InChI is InChI=1S/C15H22O6/c1-8-3-4-10(9(2)5-8)6-11(17)13(19)15(21)14(20)12(18)7-16/h3-6,12-21H,7H2,1-2H3. The molecule has 1 aromatic carbocycles. The van der Waals surface area contributed by atoms with Crippen LogP contribution < -0.4 is 0 Å². The Morgan fingerprint density at radius 3 is 2.24 bits per heavy atom. The first-order chi connectivity index (χ1) is 9.77. The van der Waals surface area contributed by atoms with Gasteiger partial charge in [0.05, 0.1) is 6.61 Å². The SMILES string of the molecule is Cc1ccc(C=C(O)C(O)C(O)C(O)C(O)CO)c(C)c1. The topological polar surface area (TPSA) is 121 Å². The van der Waals surface area contributed by atoms with Gasteiger partial charge in [-0.15, -0.1) is 0 Å². The molecule has 0 radical (unpaired) electrons. The van der Waals surface area contributed by atoms with Crippen molar-refractivity contribution < 1.29 is 30.6 Å². The largest absolute Gasteiger partial charge is 0.509 e. The van der Waals surface area contributed by atoms with Crippen molar-refractivity contribution in [3.05, 3.63) is 40.6 Å². The quantitative estimate of drug-likeness (QED) is 0.399. The molecule has 0 fully saturated rings. The summed E-state index contributed by atoms with van der Waals surface area (Å²) in [6.07, 6.45) is -5.71. The Kier molecular flexibility index (Phi) is 6.32. The highest BCUT2D eigenvalue weighted by Crippen LogP contribution is 2.17. The molecule has 4 atom stereocenters. The molecule has 21 heavy (non-hydrogen) atoms. The smallest absolute Gasteiger partial charge is 0.139 e. The van der Waals surface area contributed by atoms with Crippen LogP contribution in [0.1, 0.15) is 16.7 Å². The first-order valence-electron chi connectivity index (χ1n) is 6.58. The molecule has 0 saturated heterocycles. The van der Waals surface area contributed by atoms with Crippen LogP contribution in [0.4, 0.5) is 0 Å². The number of aryl methyl sites for hydroxylation is 2. The summed E-state index contributed by atoms with van der Waals surface area (Å²) in [5, 5.41) is 56.7. The number of aliphatic hydroxyl groups excluding tert-OH is 6. The second kappa shape index (κ2) is 7.53. The van der Waals surface area contributed by atoms with Crippen molar-refractivity contribution in [3.63, 3.8) is 0 Å². The molecule has 118 valence electrons. The van der Waals surface area contributed by atoms with Crippen LogP contribution in [0.25, 0.3) is 6.08 Å². The second-order valence-corrected chi connectivity index (χ2v) is 5.11. The van der Waals surface area contributed by atoms with E-state index in [1.165, 1.54) is 6.08 Å². The van der Waals surface area contributed by atoms with Crippen LogP contribution >= 0.6 is 0 Å². The Morgan fingerprint density at radius 1 is 1.10 bits per heavy atom. The molecule has 4 unspecified atom stereocenters. The maximum atomic E-state index is 9.83. The van der Waals surface area contributed by atoms with E-state index in [0.717, 1.165) is 11.1 Å². The number of rotatable bonds is 6. The first-order valence-corrected chi connectivity index (χ1v) is 6.58. The fourth-order valence-electron chi connectivity index (χ4n) is 1.93. The van der Waals surface area contributed by atoms with Crippen molar-refractivity contribution in [2.75, 3.05) is 6.61 Å². The average molecular weight is 298 g/mol. The summed E-state index contributed by atoms with van der Waals surface area (Å²) in [4.78, 5) is 0. The molecule has 0 aliphatic carbocycles. The molecule has 1 aromatic rings. The van der Waals surface area contributed by atoms with E-state index in [1.807, 2.05) is 26.0 Å². The predicted octanol–water partition coefficient (Wildman–Crippen LogP) is -0.362. The molecule has 0 spiro atoms. The van der Waals surface area contributed by atoms with E-state index in [0.29, 0.717) is 5.56 Å². The third-order valence-electron chi connectivity index (χ3n) is 3.29. The molecule has 0 heterocycles. The fourth-order valence-corrected chi connectivity index (χ4v) is 1.93. The molecule has 0 aromatic heterocycles. The fraction of sp³-hybridized carbons (Fsp3) is 0.467. The van der Waals surface area contributed by atoms with Crippen LogP contribution in [0.3, 0.4) is 0 Å². The lowest BCUT2D eigenvalue weighted by atomic mass is 9.99. The minimum Gasteiger partial charge on any atom is -0.509 e. The molecular formula is C15H22O6. The summed E-state index contributed by atoms with van der Waals surface area (Å²) >= 11 is 0. The maximum absolute atomic E-state index is 9.83. The molecule has 0 aliphatic rings. The molecular weight excluding hydrogens is 276 g/mol. The van der Waals surface area contributed by atoms with Gasteiger partial charge in [-0.2, -0.15) is 0 Å². The van der Waals surface area contributed by atoms with E-state index >= 15 is 0 Å². The molecule has 6 nitrogen and oxygen atoms in total. The van der Waals surface area contributed by atoms with Gasteiger partial charge in [0.25, 0.3) is 0 Å². The third kappa shape index (κ3) is 4.52. The third-order valence-corrected chi connectivity index (χ3v) is 3.29. The van der Waals surface area contributed by atoms with Crippen LogP contribution in [-0.4, -0.2) is 61.7 Å². The summed E-state index contributed by atoms with van der Waals surface area (Å²) in [5.74, 6) is -0.543. The normalized spacial score (nSPS) is 18.1. The zero-order valence-corrected chi connectivity index (χ0v) is 12.0. The molecule has 6 heteroatoms. The summed E-state index contributed by atoms with van der Waals surface area (Å²) in [5.41, 5.74) is 2.58. The Balaban J connectivity index is 2.90. The zero-order chi connectivity index (χ0) is 16.2. The van der Waals surface area contributed by atoms with E-state index in [2.05, 4.69) is 0 Å². The van der Waals surface area contributed by atoms with Crippen molar-refractivity contribution in [2.45, 2.75) is 38.3 Å². The van der Waals surface area contributed by atoms with Crippen LogP contribution in [0, 0.1) is 13.8 Å². The lowest BCUT2D eigenvalue weighted by Gasteiger charge is -2.25. The summed E-state index contributed by atoms with van der Waals surface area (Å²) in [7, 11) is 0. The molecule has 0 bridgehead atoms. The van der Waals surface area contributed by atoms with Crippen molar-refractivity contribution >= 4 is 6.08 Å². The highest BCUT2D eigenvalue weighted by Gasteiger charge is 2.32. The van der Waals surface area contributed by atoms with E-state index in [4.69, 9.17) is 5.11 Å². The Labute approximate surface area is 123 Å². The average Bonchev–Trinajstić information content (AvgIpc) is 2.46. The van der Waals surface area contributed by atoms with E-state index in [-0.39, 0.29) is 0 Å². The van der Waals surface area contributed by atoms with Crippen LogP contribution in [0.2, 0.25) is 0 Å². The minimum atomic E-state index is -1.82. The number of hydrogen-bond acceptors (Lipinski definition) is 6. The molecule has 0 saturated carbocycles. The monoisotopic (exact) mass is 298 g/mol. The van der Waals surface area contributed by atoms with Gasteiger partial charge >= 0.3 is 0 Å². The highest BCUT2D eigenvalue weighted by molar-refractivity contribution is 5.56. The van der Waals surface area contributed by atoms with E-state index in [9.17, 15) is 25.5 Å². The van der Waals surface area contributed by atoms with Gasteiger partial charge in [0.2, 0.25) is 0 Å². The summed E-state index contributed by atoms with van der Waals surface area (Å²) < 4.78 is 0. The van der Waals surface area contributed by atoms with Crippen molar-refractivity contribution in [3.8, 4) is 0 Å². The van der Waals surface area contributed by atoms with Gasteiger partial charge < -0.3 is 30.6 Å². The number of aliphatic hydroxyl groups is 6. The van der Waals surface area contributed by atoms with Gasteiger partial charge in [-0.3, -0.25) is 0 Å². The number of benzene rings is 1. The van der Waals surface area contributed by atoms with Gasteiger partial charge in [-0.25, -0.2) is 0 Å². The lowest BCUT2D eigenvalue weighted by molar-refractivity contribution is -0.112. The summed E-state index contributed by atoms with van der Waals surface area (Å²) in [6, 6.07) is 5.48. The van der Waals surface area contributed by atoms with E-state index < -0.39 is 36.8 Å².